The van der Waals surface area contributed by atoms with E-state index >= 15 is 0 Å². The van der Waals surface area contributed by atoms with E-state index in [-0.39, 0.29) is 29.5 Å². The Morgan fingerprint density at radius 2 is 1.81 bits per heavy atom. The van der Waals surface area contributed by atoms with Gasteiger partial charge in [-0.1, -0.05) is 25.4 Å². The molecule has 1 aromatic carbocycles. The predicted molar refractivity (Wildman–Crippen MR) is 80.2 cm³/mol. The van der Waals surface area contributed by atoms with Crippen LogP contribution in [0.25, 0.3) is 0 Å². The number of Topliss-reactive ketones (excluding diaryl/α,β-unsaturated/α-hetero) is 1. The fourth-order valence-corrected chi connectivity index (χ4v) is 1.97. The third-order valence-corrected chi connectivity index (χ3v) is 3.33. The zero-order chi connectivity index (χ0) is 15.5. The molecule has 0 aliphatic carbocycles. The molecule has 0 saturated carbocycles. The quantitative estimate of drug-likeness (QED) is 0.651. The standard InChI is InChI=1S/C13H16ClF3N2O.ClH/c1-3-19(4-2)7-11(20)8-5-9(13(15,16)17)12(18)10(14)6-8;/h5-6H,3-4,7,18H2,1-2H3;1H. The van der Waals surface area contributed by atoms with Crippen LogP contribution < -0.4 is 5.73 Å². The number of carbonyl (C=O) groups is 1. The second-order valence-corrected chi connectivity index (χ2v) is 4.71. The van der Waals surface area contributed by atoms with Crippen molar-refractivity contribution in [3.63, 3.8) is 0 Å². The van der Waals surface area contributed by atoms with Crippen LogP contribution in [0.2, 0.25) is 5.02 Å². The highest BCUT2D eigenvalue weighted by molar-refractivity contribution is 6.33. The van der Waals surface area contributed by atoms with Gasteiger partial charge in [0.05, 0.1) is 22.8 Å². The van der Waals surface area contributed by atoms with Crippen LogP contribution in [0.3, 0.4) is 0 Å². The van der Waals surface area contributed by atoms with Crippen molar-refractivity contribution in [2.75, 3.05) is 25.4 Å². The van der Waals surface area contributed by atoms with Gasteiger partial charge in [0, 0.05) is 5.56 Å². The highest BCUT2D eigenvalue weighted by atomic mass is 35.5. The van der Waals surface area contributed by atoms with Gasteiger partial charge in [-0.05, 0) is 25.2 Å². The number of hydrogen-bond donors (Lipinski definition) is 1. The van der Waals surface area contributed by atoms with Gasteiger partial charge in [-0.2, -0.15) is 13.2 Å². The Hall–Kier alpha value is -0.980. The monoisotopic (exact) mass is 344 g/mol. The molecule has 3 nitrogen and oxygen atoms in total. The Morgan fingerprint density at radius 1 is 1.29 bits per heavy atom. The maximum absolute atomic E-state index is 12.8. The van der Waals surface area contributed by atoms with Gasteiger partial charge in [0.15, 0.2) is 5.78 Å². The lowest BCUT2D eigenvalue weighted by Gasteiger charge is -2.18. The first kappa shape index (κ1) is 20.0. The number of anilines is 1. The fourth-order valence-electron chi connectivity index (χ4n) is 1.75. The minimum absolute atomic E-state index is 0. The summed E-state index contributed by atoms with van der Waals surface area (Å²) in [5, 5.41) is -0.261. The van der Waals surface area contributed by atoms with E-state index in [4.69, 9.17) is 17.3 Å². The molecule has 8 heteroatoms. The molecule has 0 heterocycles. The Labute approximate surface area is 132 Å². The van der Waals surface area contributed by atoms with Crippen molar-refractivity contribution in [3.05, 3.63) is 28.3 Å². The minimum Gasteiger partial charge on any atom is -0.397 e. The van der Waals surface area contributed by atoms with E-state index in [0.717, 1.165) is 6.07 Å². The molecule has 2 N–H and O–H groups in total. The lowest BCUT2D eigenvalue weighted by atomic mass is 10.0. The Morgan fingerprint density at radius 3 is 2.24 bits per heavy atom. The van der Waals surface area contributed by atoms with Gasteiger partial charge >= 0.3 is 6.18 Å². The molecule has 0 aromatic heterocycles. The first-order chi connectivity index (χ1) is 9.20. The van der Waals surface area contributed by atoms with Crippen LogP contribution in [0.1, 0.15) is 29.8 Å². The van der Waals surface area contributed by atoms with Crippen molar-refractivity contribution in [1.82, 2.24) is 4.90 Å². The van der Waals surface area contributed by atoms with Crippen LogP contribution in [0.5, 0.6) is 0 Å². The van der Waals surface area contributed by atoms with Crippen molar-refractivity contribution in [2.45, 2.75) is 20.0 Å². The van der Waals surface area contributed by atoms with Crippen LogP contribution in [0, 0.1) is 0 Å². The van der Waals surface area contributed by atoms with Crippen LogP contribution in [0.15, 0.2) is 12.1 Å². The molecule has 0 radical (unpaired) electrons. The summed E-state index contributed by atoms with van der Waals surface area (Å²) in [4.78, 5) is 13.8. The van der Waals surface area contributed by atoms with E-state index in [9.17, 15) is 18.0 Å². The lowest BCUT2D eigenvalue weighted by molar-refractivity contribution is -0.136. The summed E-state index contributed by atoms with van der Waals surface area (Å²) in [6, 6.07) is 1.94. The maximum atomic E-state index is 12.8. The normalized spacial score (nSPS) is 11.4. The smallest absolute Gasteiger partial charge is 0.397 e. The van der Waals surface area contributed by atoms with Crippen molar-refractivity contribution in [3.8, 4) is 0 Å². The number of nitrogens with zero attached hydrogens (tertiary/aromatic N) is 1. The zero-order valence-electron chi connectivity index (χ0n) is 11.6. The van der Waals surface area contributed by atoms with Crippen molar-refractivity contribution in [1.29, 1.82) is 0 Å². The van der Waals surface area contributed by atoms with Crippen LogP contribution in [0.4, 0.5) is 18.9 Å². The second-order valence-electron chi connectivity index (χ2n) is 4.30. The number of ketones is 1. The lowest BCUT2D eigenvalue weighted by Crippen LogP contribution is -2.29. The Kier molecular flexibility index (Phi) is 7.50. The number of benzene rings is 1. The third-order valence-electron chi connectivity index (χ3n) is 3.02. The second kappa shape index (κ2) is 7.87. The average molecular weight is 345 g/mol. The molecule has 0 fully saturated rings. The van der Waals surface area contributed by atoms with E-state index in [2.05, 4.69) is 0 Å². The molecular formula is C13H17Cl2F3N2O. The number of likely N-dealkylation sites (N-methyl/N-ethyl adjacent to an activating group) is 1. The molecular weight excluding hydrogens is 328 g/mol. The van der Waals surface area contributed by atoms with Crippen LogP contribution in [-0.4, -0.2) is 30.3 Å². The van der Waals surface area contributed by atoms with E-state index < -0.39 is 23.2 Å². The highest BCUT2D eigenvalue weighted by Crippen LogP contribution is 2.37. The zero-order valence-corrected chi connectivity index (χ0v) is 13.2. The summed E-state index contributed by atoms with van der Waals surface area (Å²) in [5.41, 5.74) is 3.60. The number of hydrogen-bond acceptors (Lipinski definition) is 3. The predicted octanol–water partition coefficient (Wildman–Crippen LogP) is 3.89. The number of nitrogens with two attached hydrogens (primary N) is 1. The average Bonchev–Trinajstić information content (AvgIpc) is 2.37. The summed E-state index contributed by atoms with van der Waals surface area (Å²) in [5.74, 6) is -0.416. The number of nitrogen functional groups attached to an aromatic ring is 1. The van der Waals surface area contributed by atoms with E-state index in [0.29, 0.717) is 13.1 Å². The number of alkyl halides is 3. The molecule has 0 amide bonds. The number of rotatable bonds is 5. The fraction of sp³-hybridized carbons (Fsp3) is 0.462. The van der Waals surface area contributed by atoms with Gasteiger partial charge in [-0.3, -0.25) is 9.69 Å². The molecule has 120 valence electrons. The van der Waals surface area contributed by atoms with E-state index in [1.165, 1.54) is 6.07 Å². The molecule has 0 unspecified atom stereocenters. The minimum atomic E-state index is -4.64. The molecule has 21 heavy (non-hydrogen) atoms. The van der Waals surface area contributed by atoms with Gasteiger partial charge in [0.1, 0.15) is 0 Å². The molecule has 1 rings (SSSR count). The van der Waals surface area contributed by atoms with Crippen LogP contribution >= 0.6 is 24.0 Å². The van der Waals surface area contributed by atoms with Crippen molar-refractivity contribution >= 4 is 35.5 Å². The molecule has 0 aliphatic rings. The number of carbonyl (C=O) groups excluding carboxylic acids is 1. The van der Waals surface area contributed by atoms with Gasteiger partial charge in [-0.15, -0.1) is 12.4 Å². The first-order valence-electron chi connectivity index (χ1n) is 6.12. The number of halogens is 5. The Balaban J connectivity index is 0.00000400. The molecule has 0 saturated heterocycles. The summed E-state index contributed by atoms with van der Waals surface area (Å²) in [6.07, 6.45) is -4.64. The highest BCUT2D eigenvalue weighted by Gasteiger charge is 2.34. The van der Waals surface area contributed by atoms with Gasteiger partial charge < -0.3 is 5.73 Å². The van der Waals surface area contributed by atoms with E-state index in [1.807, 2.05) is 13.8 Å². The van der Waals surface area contributed by atoms with Crippen molar-refractivity contribution < 1.29 is 18.0 Å². The largest absolute Gasteiger partial charge is 0.418 e. The molecule has 0 spiro atoms. The van der Waals surface area contributed by atoms with E-state index in [1.54, 1.807) is 4.90 Å². The van der Waals surface area contributed by atoms with Gasteiger partial charge in [0.2, 0.25) is 0 Å². The molecule has 0 atom stereocenters. The molecule has 0 aliphatic heterocycles. The summed E-state index contributed by atoms with van der Waals surface area (Å²) in [7, 11) is 0. The SMILES string of the molecule is CCN(CC)CC(=O)c1cc(Cl)c(N)c(C(F)(F)F)c1.Cl. The van der Waals surface area contributed by atoms with Crippen LogP contribution in [-0.2, 0) is 6.18 Å². The summed E-state index contributed by atoms with van der Waals surface area (Å²) in [6.45, 7) is 5.06. The first-order valence-corrected chi connectivity index (χ1v) is 6.50. The van der Waals surface area contributed by atoms with Gasteiger partial charge in [0.25, 0.3) is 0 Å². The summed E-state index contributed by atoms with van der Waals surface area (Å²) < 4.78 is 38.4. The molecule has 1 aromatic rings. The van der Waals surface area contributed by atoms with Gasteiger partial charge in [-0.25, -0.2) is 0 Å². The third kappa shape index (κ3) is 5.05. The molecule has 0 bridgehead atoms. The maximum Gasteiger partial charge on any atom is 0.418 e. The topological polar surface area (TPSA) is 46.3 Å². The Bertz CT molecular complexity index is 503. The summed E-state index contributed by atoms with van der Waals surface area (Å²) >= 11 is 5.68. The van der Waals surface area contributed by atoms with Crippen molar-refractivity contribution in [2.24, 2.45) is 0 Å².